The molecule has 1 fully saturated rings. The van der Waals surface area contributed by atoms with Gasteiger partial charge in [0.15, 0.2) is 0 Å². The van der Waals surface area contributed by atoms with E-state index in [0.29, 0.717) is 37.7 Å². The van der Waals surface area contributed by atoms with E-state index in [1.807, 2.05) is 133 Å². The SMILES string of the molecule is O=[S-](=S)Oc1ccccc1C1O[C@H](COCc2ccccc2)[C@@H](OCc2ccccc2)[C@H](OCc2ccccc2)[C@H]1OCc1ccccc1. The number of para-hydroxylation sites is 1. The van der Waals surface area contributed by atoms with Crippen molar-refractivity contribution in [3.63, 3.8) is 0 Å². The molecule has 0 bridgehead atoms. The van der Waals surface area contributed by atoms with Gasteiger partial charge in [0.25, 0.3) is 0 Å². The second kappa shape index (κ2) is 18.2. The first-order valence-electron chi connectivity index (χ1n) is 16.2. The number of benzene rings is 5. The van der Waals surface area contributed by atoms with Gasteiger partial charge in [-0.1, -0.05) is 140 Å². The summed E-state index contributed by atoms with van der Waals surface area (Å²) in [6, 6.07) is 47.3. The molecule has 0 aromatic heterocycles. The second-order valence-electron chi connectivity index (χ2n) is 11.7. The van der Waals surface area contributed by atoms with Gasteiger partial charge < -0.3 is 32.1 Å². The summed E-state index contributed by atoms with van der Waals surface area (Å²) in [4.78, 5) is 0. The van der Waals surface area contributed by atoms with Crippen LogP contribution in [0.15, 0.2) is 146 Å². The lowest BCUT2D eigenvalue weighted by Gasteiger charge is -2.46. The minimum Gasteiger partial charge on any atom is -0.551 e. The molecule has 7 nitrogen and oxygen atoms in total. The summed E-state index contributed by atoms with van der Waals surface area (Å²) in [5.41, 5.74) is 4.71. The highest BCUT2D eigenvalue weighted by Gasteiger charge is 2.49. The Kier molecular flexibility index (Phi) is 12.9. The highest BCUT2D eigenvalue weighted by atomic mass is 32.8. The van der Waals surface area contributed by atoms with Gasteiger partial charge in [-0.05, 0) is 38.0 Å². The maximum atomic E-state index is 12.1. The number of hydrogen-bond donors (Lipinski definition) is 0. The topological polar surface area (TPSA) is 72.5 Å². The molecule has 0 aliphatic carbocycles. The zero-order chi connectivity index (χ0) is 33.7. The van der Waals surface area contributed by atoms with Crippen LogP contribution in [0.1, 0.15) is 33.9 Å². The Balaban J connectivity index is 1.38. The van der Waals surface area contributed by atoms with Crippen LogP contribution >= 0.6 is 0 Å². The molecule has 0 N–H and O–H groups in total. The lowest BCUT2D eigenvalue weighted by atomic mass is 9.90. The van der Waals surface area contributed by atoms with Crippen molar-refractivity contribution < 1.29 is 32.1 Å². The van der Waals surface area contributed by atoms with Crippen molar-refractivity contribution in [1.29, 1.82) is 0 Å². The maximum Gasteiger partial charge on any atom is 0.117 e. The molecule has 1 heterocycles. The summed E-state index contributed by atoms with van der Waals surface area (Å²) in [5, 5.41) is 0. The summed E-state index contributed by atoms with van der Waals surface area (Å²) in [5.74, 6) is 0.351. The smallest absolute Gasteiger partial charge is 0.117 e. The molecule has 9 heteroatoms. The molecule has 254 valence electrons. The van der Waals surface area contributed by atoms with Crippen molar-refractivity contribution in [2.24, 2.45) is 0 Å². The molecule has 1 saturated heterocycles. The number of hydrogen-bond acceptors (Lipinski definition) is 9. The first-order chi connectivity index (χ1) is 24.1. The third-order valence-corrected chi connectivity index (χ3v) is 8.79. The van der Waals surface area contributed by atoms with E-state index >= 15 is 0 Å². The predicted molar refractivity (Wildman–Crippen MR) is 191 cm³/mol. The van der Waals surface area contributed by atoms with Gasteiger partial charge in [-0.3, -0.25) is 0 Å². The van der Waals surface area contributed by atoms with Crippen molar-refractivity contribution >= 4 is 20.8 Å². The van der Waals surface area contributed by atoms with Crippen LogP contribution in [0.3, 0.4) is 0 Å². The normalized spacial score (nSPS) is 20.6. The average molecular weight is 696 g/mol. The van der Waals surface area contributed by atoms with Crippen molar-refractivity contribution in [3.8, 4) is 5.75 Å². The van der Waals surface area contributed by atoms with Crippen LogP contribution in [0, 0.1) is 0 Å². The van der Waals surface area contributed by atoms with Crippen molar-refractivity contribution in [3.05, 3.63) is 173 Å². The third kappa shape index (κ3) is 10.1. The Labute approximate surface area is 294 Å². The Hall–Kier alpha value is -3.93. The van der Waals surface area contributed by atoms with Crippen LogP contribution < -0.4 is 4.18 Å². The van der Waals surface area contributed by atoms with Crippen LogP contribution in [0.4, 0.5) is 0 Å². The van der Waals surface area contributed by atoms with Crippen LogP contribution in [0.5, 0.6) is 5.75 Å². The molecule has 0 spiro atoms. The quantitative estimate of drug-likeness (QED) is 0.0969. The first kappa shape index (κ1) is 34.9. The Morgan fingerprint density at radius 3 is 1.47 bits per heavy atom. The third-order valence-electron chi connectivity index (χ3n) is 8.27. The van der Waals surface area contributed by atoms with E-state index in [0.717, 1.165) is 22.3 Å². The molecule has 49 heavy (non-hydrogen) atoms. The maximum absolute atomic E-state index is 12.1. The fourth-order valence-electron chi connectivity index (χ4n) is 5.90. The first-order valence-corrected chi connectivity index (χ1v) is 18.2. The summed E-state index contributed by atoms with van der Waals surface area (Å²) < 4.78 is 51.4. The zero-order valence-electron chi connectivity index (χ0n) is 27.0. The molecular weight excluding hydrogens is 657 g/mol. The lowest BCUT2D eigenvalue weighted by molar-refractivity contribution is -0.275. The Bertz CT molecular complexity index is 1760. The van der Waals surface area contributed by atoms with Crippen molar-refractivity contribution in [1.82, 2.24) is 0 Å². The molecule has 1 unspecified atom stereocenters. The fourth-order valence-corrected chi connectivity index (χ4v) is 6.42. The fraction of sp³-hybridized carbons (Fsp3) is 0.250. The summed E-state index contributed by atoms with van der Waals surface area (Å²) >= 11 is 4.93. The molecule has 1 aliphatic rings. The average Bonchev–Trinajstić information content (AvgIpc) is 3.14. The molecule has 6 rings (SSSR count). The standard InChI is InChI=1S/C40H39O7S2/c41-49(48)47-35-24-14-13-23-34(35)37-39(44-27-32-19-9-3-10-20-32)40(45-28-33-21-11-4-12-22-33)38(43-26-31-17-7-2-8-18-31)36(46-37)29-42-25-30-15-5-1-6-16-30/h1-24,36-40H,25-29H2/q-1/t36-,37?,38-,39+,40+/m1/s1. The monoisotopic (exact) mass is 695 g/mol. The molecule has 0 amide bonds. The predicted octanol–water partition coefficient (Wildman–Crippen LogP) is 7.82. The molecule has 5 aromatic carbocycles. The van der Waals surface area contributed by atoms with E-state index in [1.165, 1.54) is 0 Å². The highest BCUT2D eigenvalue weighted by Crippen LogP contribution is 2.41. The van der Waals surface area contributed by atoms with Crippen LogP contribution in [0.25, 0.3) is 0 Å². The Morgan fingerprint density at radius 1 is 0.531 bits per heavy atom. The number of rotatable bonds is 16. The van der Waals surface area contributed by atoms with Crippen LogP contribution in [-0.2, 0) is 75.1 Å². The molecule has 0 saturated carbocycles. The molecule has 5 aromatic rings. The van der Waals surface area contributed by atoms with Gasteiger partial charge in [-0.15, -0.1) is 0 Å². The van der Waals surface area contributed by atoms with E-state index in [-0.39, 0.29) is 6.61 Å². The highest BCUT2D eigenvalue weighted by molar-refractivity contribution is 8.19. The van der Waals surface area contributed by atoms with E-state index in [2.05, 4.69) is 0 Å². The molecule has 1 aliphatic heterocycles. The van der Waals surface area contributed by atoms with Gasteiger partial charge >= 0.3 is 0 Å². The second-order valence-corrected chi connectivity index (χ2v) is 13.1. The van der Waals surface area contributed by atoms with Gasteiger partial charge in [0.2, 0.25) is 0 Å². The van der Waals surface area contributed by atoms with E-state index in [9.17, 15) is 4.21 Å². The largest absolute Gasteiger partial charge is 0.551 e. The van der Waals surface area contributed by atoms with Crippen molar-refractivity contribution in [2.75, 3.05) is 6.61 Å². The summed E-state index contributed by atoms with van der Waals surface area (Å²) in [7, 11) is -1.97. The number of ether oxygens (including phenoxy) is 5. The molecule has 5 atom stereocenters. The van der Waals surface area contributed by atoms with Gasteiger partial charge in [-0.25, -0.2) is 0 Å². The summed E-state index contributed by atoms with van der Waals surface area (Å²) in [6.45, 7) is 1.57. The lowest BCUT2D eigenvalue weighted by Crippen LogP contribution is -2.58. The van der Waals surface area contributed by atoms with Crippen LogP contribution in [-0.4, -0.2) is 31.0 Å². The van der Waals surface area contributed by atoms with Crippen LogP contribution in [0.2, 0.25) is 0 Å². The Morgan fingerprint density at radius 2 is 0.959 bits per heavy atom. The van der Waals surface area contributed by atoms with E-state index in [1.54, 1.807) is 12.1 Å². The van der Waals surface area contributed by atoms with Gasteiger partial charge in [0.1, 0.15) is 36.3 Å². The van der Waals surface area contributed by atoms with Gasteiger partial charge in [0, 0.05) is 5.56 Å². The minimum absolute atomic E-state index is 0.220. The van der Waals surface area contributed by atoms with Gasteiger partial charge in [0.05, 0.1) is 33.0 Å². The molecule has 0 radical (unpaired) electrons. The summed E-state index contributed by atoms with van der Waals surface area (Å²) in [6.07, 6.45) is -3.15. The van der Waals surface area contributed by atoms with Gasteiger partial charge in [-0.2, -0.15) is 11.2 Å². The van der Waals surface area contributed by atoms with Crippen molar-refractivity contribution in [2.45, 2.75) is 56.9 Å². The van der Waals surface area contributed by atoms with E-state index in [4.69, 9.17) is 39.1 Å². The minimum atomic E-state index is -1.97. The zero-order valence-corrected chi connectivity index (χ0v) is 28.6. The molecular formula is C40H39O7S2-. The van der Waals surface area contributed by atoms with E-state index < -0.39 is 40.2 Å².